The fourth-order valence-electron chi connectivity index (χ4n) is 0.896. The summed E-state index contributed by atoms with van der Waals surface area (Å²) >= 11 is 0. The molecule has 1 N–H and O–H groups in total. The molecule has 11 heavy (non-hydrogen) atoms. The third-order valence-electron chi connectivity index (χ3n) is 2.09. The summed E-state index contributed by atoms with van der Waals surface area (Å²) < 4.78 is 32.0. The third kappa shape index (κ3) is 1.90. The van der Waals surface area contributed by atoms with Crippen molar-refractivity contribution < 1.29 is 17.4 Å². The quantitative estimate of drug-likeness (QED) is 0.658. The molecule has 0 aromatic carbocycles. The molecule has 3 nitrogen and oxygen atoms in total. The molecule has 0 fully saturated rings. The van der Waals surface area contributed by atoms with E-state index in [4.69, 9.17) is 5.11 Å². The first kappa shape index (κ1) is 10.8. The summed E-state index contributed by atoms with van der Waals surface area (Å²) in [5, 5.41) is 8.69. The molecule has 0 rings (SSSR count). The maximum Gasteiger partial charge on any atom is 0.310 e. The largest absolute Gasteiger partial charge is 0.395 e. The monoisotopic (exact) mass is 184 g/mol. The van der Waals surface area contributed by atoms with Crippen LogP contribution in [0.25, 0.3) is 0 Å². The molecule has 0 amide bonds. The lowest BCUT2D eigenvalue weighted by molar-refractivity contribution is 0.228. The minimum absolute atomic E-state index is 0.0961. The first-order chi connectivity index (χ1) is 4.93. The van der Waals surface area contributed by atoms with Crippen molar-refractivity contribution in [3.05, 3.63) is 0 Å². The Morgan fingerprint density at radius 2 is 1.73 bits per heavy atom. The Hall–Kier alpha value is -0.160. The van der Waals surface area contributed by atoms with E-state index in [9.17, 15) is 12.3 Å². The molecule has 0 spiro atoms. The smallest absolute Gasteiger partial charge is 0.310 e. The van der Waals surface area contributed by atoms with Crippen LogP contribution < -0.4 is 0 Å². The average molecular weight is 184 g/mol. The lowest BCUT2D eigenvalue weighted by Crippen LogP contribution is -2.38. The predicted octanol–water partition coefficient (Wildman–Crippen LogP) is 0.837. The van der Waals surface area contributed by atoms with Gasteiger partial charge in [0.25, 0.3) is 0 Å². The van der Waals surface area contributed by atoms with Gasteiger partial charge in [0, 0.05) is 0 Å². The molecule has 68 valence electrons. The van der Waals surface area contributed by atoms with E-state index in [2.05, 4.69) is 0 Å². The minimum atomic E-state index is -4.63. The second-order valence-electron chi connectivity index (χ2n) is 2.49. The van der Waals surface area contributed by atoms with Crippen molar-refractivity contribution >= 4 is 10.2 Å². The van der Waals surface area contributed by atoms with Crippen LogP contribution in [0, 0.1) is 0 Å². The van der Waals surface area contributed by atoms with Gasteiger partial charge in [0.05, 0.1) is 6.61 Å². The Bertz CT molecular complexity index is 198. The summed E-state index contributed by atoms with van der Waals surface area (Å²) in [5.74, 6) is 0. The van der Waals surface area contributed by atoms with Crippen molar-refractivity contribution in [3.63, 3.8) is 0 Å². The van der Waals surface area contributed by atoms with Crippen LogP contribution in [0.2, 0.25) is 0 Å². The lowest BCUT2D eigenvalue weighted by atomic mass is 10.0. The molecule has 0 saturated heterocycles. The van der Waals surface area contributed by atoms with E-state index in [1.54, 1.807) is 0 Å². The van der Waals surface area contributed by atoms with E-state index in [-0.39, 0.29) is 12.8 Å². The second-order valence-corrected chi connectivity index (χ2v) is 4.23. The lowest BCUT2D eigenvalue weighted by Gasteiger charge is -2.23. The van der Waals surface area contributed by atoms with E-state index < -0.39 is 21.6 Å². The van der Waals surface area contributed by atoms with E-state index in [0.717, 1.165) is 0 Å². The van der Waals surface area contributed by atoms with Gasteiger partial charge in [0.15, 0.2) is 0 Å². The van der Waals surface area contributed by atoms with Gasteiger partial charge in [-0.25, -0.2) is 0 Å². The summed E-state index contributed by atoms with van der Waals surface area (Å²) in [7, 11) is -4.63. The van der Waals surface area contributed by atoms with Gasteiger partial charge in [-0.2, -0.15) is 8.42 Å². The fraction of sp³-hybridized carbons (Fsp3) is 1.00. The normalized spacial score (nSPS) is 13.5. The first-order valence-electron chi connectivity index (χ1n) is 3.48. The van der Waals surface area contributed by atoms with Crippen molar-refractivity contribution in [2.24, 2.45) is 0 Å². The second kappa shape index (κ2) is 3.49. The predicted molar refractivity (Wildman–Crippen MR) is 40.4 cm³/mol. The molecule has 0 radical (unpaired) electrons. The van der Waals surface area contributed by atoms with Crippen LogP contribution in [0.3, 0.4) is 0 Å². The van der Waals surface area contributed by atoms with Crippen LogP contribution in [-0.2, 0) is 10.2 Å². The summed E-state index contributed by atoms with van der Waals surface area (Å²) in [6.07, 6.45) is 0.192. The highest BCUT2D eigenvalue weighted by Crippen LogP contribution is 2.26. The average Bonchev–Trinajstić information content (AvgIpc) is 1.90. The SMILES string of the molecule is CCC(CC)(CO)S(=O)(=O)F. The van der Waals surface area contributed by atoms with Crippen molar-refractivity contribution in [1.29, 1.82) is 0 Å². The standard InChI is InChI=1S/C6H13FO3S/c1-3-6(4-2,5-8)11(7,9)10/h8H,3-5H2,1-2H3. The minimum Gasteiger partial charge on any atom is -0.395 e. The molecule has 0 aliphatic carbocycles. The van der Waals surface area contributed by atoms with Gasteiger partial charge >= 0.3 is 10.2 Å². The van der Waals surface area contributed by atoms with Crippen LogP contribution in [0.4, 0.5) is 3.89 Å². The summed E-state index contributed by atoms with van der Waals surface area (Å²) in [5.41, 5.74) is 0. The van der Waals surface area contributed by atoms with Crippen LogP contribution in [0.15, 0.2) is 0 Å². The van der Waals surface area contributed by atoms with E-state index in [1.165, 1.54) is 13.8 Å². The molecule has 0 atom stereocenters. The van der Waals surface area contributed by atoms with Gasteiger partial charge in [-0.05, 0) is 12.8 Å². The molecular formula is C6H13FO3S. The topological polar surface area (TPSA) is 54.4 Å². The van der Waals surface area contributed by atoms with Crippen LogP contribution in [-0.4, -0.2) is 24.9 Å². The van der Waals surface area contributed by atoms with Gasteiger partial charge < -0.3 is 5.11 Å². The van der Waals surface area contributed by atoms with Gasteiger partial charge in [-0.3, -0.25) is 0 Å². The summed E-state index contributed by atoms with van der Waals surface area (Å²) in [6.45, 7) is 2.42. The first-order valence-corrected chi connectivity index (χ1v) is 4.87. The molecule has 5 heteroatoms. The highest BCUT2D eigenvalue weighted by Gasteiger charge is 2.40. The van der Waals surface area contributed by atoms with E-state index >= 15 is 0 Å². The zero-order chi connectivity index (χ0) is 9.12. The Labute approximate surface area is 66.4 Å². The number of rotatable bonds is 4. The number of halogens is 1. The Morgan fingerprint density at radius 3 is 1.73 bits per heavy atom. The molecule has 0 aliphatic rings. The van der Waals surface area contributed by atoms with Crippen LogP contribution in [0.1, 0.15) is 26.7 Å². The van der Waals surface area contributed by atoms with Crippen LogP contribution in [0.5, 0.6) is 0 Å². The van der Waals surface area contributed by atoms with Gasteiger partial charge in [0.1, 0.15) is 4.75 Å². The Balaban J connectivity index is 4.86. The number of aliphatic hydroxyl groups is 1. The third-order valence-corrected chi connectivity index (χ3v) is 3.83. The van der Waals surface area contributed by atoms with Crippen LogP contribution >= 0.6 is 0 Å². The Morgan fingerprint density at radius 1 is 1.36 bits per heavy atom. The molecule has 0 aliphatic heterocycles. The maximum absolute atomic E-state index is 12.5. The molecule has 0 aromatic rings. The van der Waals surface area contributed by atoms with Gasteiger partial charge in [-0.15, -0.1) is 3.89 Å². The fourth-order valence-corrected chi connectivity index (χ4v) is 1.74. The van der Waals surface area contributed by atoms with Crippen molar-refractivity contribution in [1.82, 2.24) is 0 Å². The molecule has 0 unspecified atom stereocenters. The number of hydrogen-bond donors (Lipinski definition) is 1. The molecule has 0 saturated carbocycles. The summed E-state index contributed by atoms with van der Waals surface area (Å²) in [4.78, 5) is 0. The molecule has 0 aromatic heterocycles. The van der Waals surface area contributed by atoms with Crippen molar-refractivity contribution in [2.75, 3.05) is 6.61 Å². The number of aliphatic hydroxyl groups excluding tert-OH is 1. The van der Waals surface area contributed by atoms with E-state index in [0.29, 0.717) is 0 Å². The summed E-state index contributed by atoms with van der Waals surface area (Å²) in [6, 6.07) is 0. The molecular weight excluding hydrogens is 171 g/mol. The molecule has 0 heterocycles. The van der Waals surface area contributed by atoms with Gasteiger partial charge in [0.2, 0.25) is 0 Å². The number of hydrogen-bond acceptors (Lipinski definition) is 3. The van der Waals surface area contributed by atoms with E-state index in [1.807, 2.05) is 0 Å². The highest BCUT2D eigenvalue weighted by atomic mass is 32.3. The Kier molecular flexibility index (Phi) is 3.44. The maximum atomic E-state index is 12.5. The van der Waals surface area contributed by atoms with Crippen molar-refractivity contribution in [3.8, 4) is 0 Å². The zero-order valence-corrected chi connectivity index (χ0v) is 7.49. The van der Waals surface area contributed by atoms with Gasteiger partial charge in [-0.1, -0.05) is 13.8 Å². The van der Waals surface area contributed by atoms with Crippen molar-refractivity contribution in [2.45, 2.75) is 31.4 Å². The highest BCUT2D eigenvalue weighted by molar-refractivity contribution is 7.87. The zero-order valence-electron chi connectivity index (χ0n) is 6.67. The molecule has 0 bridgehead atoms.